The Morgan fingerprint density at radius 1 is 1.40 bits per heavy atom. The highest BCUT2D eigenvalue weighted by Crippen LogP contribution is 2.27. The van der Waals surface area contributed by atoms with Gasteiger partial charge in [-0.2, -0.15) is 11.8 Å². The van der Waals surface area contributed by atoms with Crippen molar-refractivity contribution in [2.75, 3.05) is 6.26 Å². The summed E-state index contributed by atoms with van der Waals surface area (Å²) >= 11 is 1.85. The van der Waals surface area contributed by atoms with E-state index < -0.39 is 5.54 Å². The summed E-state index contributed by atoms with van der Waals surface area (Å²) in [5.74, 6) is -0.0338. The number of thioether (sulfide) groups is 1. The van der Waals surface area contributed by atoms with Crippen molar-refractivity contribution in [2.24, 2.45) is 5.73 Å². The number of hydrogen-bond acceptors (Lipinski definition) is 3. The fourth-order valence-corrected chi connectivity index (χ4v) is 2.83. The van der Waals surface area contributed by atoms with Gasteiger partial charge in [0.2, 0.25) is 5.91 Å². The third-order valence-corrected chi connectivity index (χ3v) is 4.08. The zero-order valence-electron chi connectivity index (χ0n) is 9.88. The van der Waals surface area contributed by atoms with Gasteiger partial charge in [-0.05, 0) is 32.9 Å². The Hall–Kier alpha value is -0.220. The van der Waals surface area contributed by atoms with Crippen LogP contribution in [-0.4, -0.2) is 29.0 Å². The van der Waals surface area contributed by atoms with Crippen LogP contribution in [0.5, 0.6) is 0 Å². The van der Waals surface area contributed by atoms with Crippen LogP contribution in [0.25, 0.3) is 0 Å². The normalized spacial score (nSPS) is 27.5. The molecule has 1 rings (SSSR count). The first-order valence-electron chi connectivity index (χ1n) is 5.58. The predicted molar refractivity (Wildman–Crippen MR) is 66.0 cm³/mol. The number of carbonyl (C=O) groups excluding carboxylic acids is 1. The minimum absolute atomic E-state index is 0.0338. The molecule has 0 spiro atoms. The molecule has 88 valence electrons. The molecular formula is C11H22N2OS. The first-order valence-corrected chi connectivity index (χ1v) is 6.86. The molecule has 0 aliphatic heterocycles. The van der Waals surface area contributed by atoms with Gasteiger partial charge in [0.1, 0.15) is 0 Å². The van der Waals surface area contributed by atoms with Crippen LogP contribution in [0.15, 0.2) is 0 Å². The topological polar surface area (TPSA) is 55.1 Å². The SMILES string of the molecule is CSC1CCCCC1NC(=O)C(C)(C)N. The molecule has 0 bridgehead atoms. The fraction of sp³-hybridized carbons (Fsp3) is 0.909. The molecule has 3 N–H and O–H groups in total. The van der Waals surface area contributed by atoms with Crippen molar-refractivity contribution in [2.45, 2.75) is 56.4 Å². The summed E-state index contributed by atoms with van der Waals surface area (Å²) in [7, 11) is 0. The molecule has 2 unspecified atom stereocenters. The van der Waals surface area contributed by atoms with Gasteiger partial charge in [-0.3, -0.25) is 4.79 Å². The van der Waals surface area contributed by atoms with Crippen LogP contribution < -0.4 is 11.1 Å². The fourth-order valence-electron chi connectivity index (χ4n) is 1.90. The summed E-state index contributed by atoms with van der Waals surface area (Å²) in [6.07, 6.45) is 6.91. The molecule has 0 heterocycles. The summed E-state index contributed by atoms with van der Waals surface area (Å²) < 4.78 is 0. The van der Waals surface area contributed by atoms with Crippen LogP contribution in [0.4, 0.5) is 0 Å². The van der Waals surface area contributed by atoms with E-state index in [1.165, 1.54) is 19.3 Å². The monoisotopic (exact) mass is 230 g/mol. The molecule has 2 atom stereocenters. The molecule has 1 aliphatic carbocycles. The third kappa shape index (κ3) is 3.68. The second-order valence-electron chi connectivity index (χ2n) is 4.86. The molecule has 0 aromatic heterocycles. The first-order chi connectivity index (χ1) is 6.95. The highest BCUT2D eigenvalue weighted by atomic mass is 32.2. The average molecular weight is 230 g/mol. The Morgan fingerprint density at radius 2 is 2.00 bits per heavy atom. The van der Waals surface area contributed by atoms with Gasteiger partial charge in [0.25, 0.3) is 0 Å². The highest BCUT2D eigenvalue weighted by Gasteiger charge is 2.29. The minimum Gasteiger partial charge on any atom is -0.351 e. The average Bonchev–Trinajstić information content (AvgIpc) is 2.17. The van der Waals surface area contributed by atoms with Gasteiger partial charge < -0.3 is 11.1 Å². The first kappa shape index (κ1) is 12.8. The lowest BCUT2D eigenvalue weighted by molar-refractivity contribution is -0.126. The van der Waals surface area contributed by atoms with Crippen molar-refractivity contribution in [1.29, 1.82) is 0 Å². The van der Waals surface area contributed by atoms with Gasteiger partial charge in [0, 0.05) is 11.3 Å². The van der Waals surface area contributed by atoms with E-state index in [0.717, 1.165) is 6.42 Å². The number of nitrogens with one attached hydrogen (secondary N) is 1. The van der Waals surface area contributed by atoms with Crippen molar-refractivity contribution >= 4 is 17.7 Å². The van der Waals surface area contributed by atoms with E-state index in [4.69, 9.17) is 5.73 Å². The van der Waals surface area contributed by atoms with E-state index in [9.17, 15) is 4.79 Å². The van der Waals surface area contributed by atoms with Crippen LogP contribution in [-0.2, 0) is 4.79 Å². The zero-order valence-corrected chi connectivity index (χ0v) is 10.7. The standard InChI is InChI=1S/C11H22N2OS/c1-11(2,12)10(14)13-8-6-4-5-7-9(8)15-3/h8-9H,4-7,12H2,1-3H3,(H,13,14). The Labute approximate surface area is 96.6 Å². The molecule has 1 saturated carbocycles. The predicted octanol–water partition coefficient (Wildman–Crippen LogP) is 1.51. The number of carbonyl (C=O) groups is 1. The van der Waals surface area contributed by atoms with Crippen molar-refractivity contribution in [1.82, 2.24) is 5.32 Å². The van der Waals surface area contributed by atoms with Crippen molar-refractivity contribution < 1.29 is 4.79 Å². The van der Waals surface area contributed by atoms with Gasteiger partial charge in [0.15, 0.2) is 0 Å². The van der Waals surface area contributed by atoms with E-state index in [2.05, 4.69) is 11.6 Å². The third-order valence-electron chi connectivity index (χ3n) is 2.91. The molecule has 0 aromatic rings. The van der Waals surface area contributed by atoms with Gasteiger partial charge in [-0.15, -0.1) is 0 Å². The molecule has 3 nitrogen and oxygen atoms in total. The van der Waals surface area contributed by atoms with Crippen molar-refractivity contribution in [3.8, 4) is 0 Å². The lowest BCUT2D eigenvalue weighted by atomic mass is 9.94. The number of amides is 1. The molecule has 0 saturated heterocycles. The summed E-state index contributed by atoms with van der Waals surface area (Å²) in [4.78, 5) is 11.7. The molecule has 4 heteroatoms. The van der Waals surface area contributed by atoms with Crippen LogP contribution in [0.2, 0.25) is 0 Å². The summed E-state index contributed by atoms with van der Waals surface area (Å²) in [6, 6.07) is 0.309. The van der Waals surface area contributed by atoms with E-state index in [1.807, 2.05) is 11.8 Å². The molecule has 1 aliphatic rings. The summed E-state index contributed by atoms with van der Waals surface area (Å²) in [5.41, 5.74) is 5.00. The lowest BCUT2D eigenvalue weighted by Gasteiger charge is -2.33. The van der Waals surface area contributed by atoms with Gasteiger partial charge in [0.05, 0.1) is 5.54 Å². The molecule has 1 fully saturated rings. The molecule has 0 aromatic carbocycles. The van der Waals surface area contributed by atoms with Crippen LogP contribution in [0.1, 0.15) is 39.5 Å². The largest absolute Gasteiger partial charge is 0.351 e. The Kier molecular flexibility index (Phi) is 4.46. The maximum Gasteiger partial charge on any atom is 0.239 e. The Balaban J connectivity index is 2.52. The minimum atomic E-state index is -0.763. The van der Waals surface area contributed by atoms with Crippen molar-refractivity contribution in [3.63, 3.8) is 0 Å². The smallest absolute Gasteiger partial charge is 0.239 e. The molecular weight excluding hydrogens is 208 g/mol. The van der Waals surface area contributed by atoms with E-state index in [-0.39, 0.29) is 5.91 Å². The van der Waals surface area contributed by atoms with E-state index in [1.54, 1.807) is 13.8 Å². The number of hydrogen-bond donors (Lipinski definition) is 2. The second-order valence-corrected chi connectivity index (χ2v) is 5.94. The van der Waals surface area contributed by atoms with Gasteiger partial charge >= 0.3 is 0 Å². The summed E-state index contributed by atoms with van der Waals surface area (Å²) in [6.45, 7) is 3.50. The maximum absolute atomic E-state index is 11.7. The van der Waals surface area contributed by atoms with Crippen LogP contribution in [0.3, 0.4) is 0 Å². The van der Waals surface area contributed by atoms with E-state index >= 15 is 0 Å². The van der Waals surface area contributed by atoms with Gasteiger partial charge in [-0.1, -0.05) is 12.8 Å². The Bertz CT molecular complexity index is 225. The number of rotatable bonds is 3. The second kappa shape index (κ2) is 5.21. The van der Waals surface area contributed by atoms with E-state index in [0.29, 0.717) is 11.3 Å². The number of nitrogens with two attached hydrogens (primary N) is 1. The Morgan fingerprint density at radius 3 is 2.53 bits per heavy atom. The highest BCUT2D eigenvalue weighted by molar-refractivity contribution is 7.99. The van der Waals surface area contributed by atoms with Crippen molar-refractivity contribution in [3.05, 3.63) is 0 Å². The van der Waals surface area contributed by atoms with Crippen LogP contribution in [0, 0.1) is 0 Å². The quantitative estimate of drug-likeness (QED) is 0.773. The van der Waals surface area contributed by atoms with Crippen LogP contribution >= 0.6 is 11.8 Å². The maximum atomic E-state index is 11.7. The zero-order chi connectivity index (χ0) is 11.5. The van der Waals surface area contributed by atoms with Gasteiger partial charge in [-0.25, -0.2) is 0 Å². The lowest BCUT2D eigenvalue weighted by Crippen LogP contribution is -2.54. The summed E-state index contributed by atoms with van der Waals surface area (Å²) in [5, 5.41) is 3.64. The molecule has 0 radical (unpaired) electrons. The molecule has 1 amide bonds. The molecule has 15 heavy (non-hydrogen) atoms.